The SMILES string of the molecule is O=C(c1cccc(S(=O)(=O)N2CCc3ccccc32)c1)N(Cc1ccncc1)C1CC1. The number of fused-ring (bicyclic) bond motifs is 1. The smallest absolute Gasteiger partial charge is 0.264 e. The van der Waals surface area contributed by atoms with Crippen LogP contribution in [0.2, 0.25) is 0 Å². The molecule has 2 aliphatic rings. The third-order valence-corrected chi connectivity index (χ3v) is 7.67. The summed E-state index contributed by atoms with van der Waals surface area (Å²) in [5, 5.41) is 0. The van der Waals surface area contributed by atoms with E-state index in [9.17, 15) is 13.2 Å². The molecule has 0 saturated heterocycles. The second-order valence-corrected chi connectivity index (χ2v) is 9.87. The van der Waals surface area contributed by atoms with Crippen molar-refractivity contribution in [3.05, 3.63) is 89.7 Å². The summed E-state index contributed by atoms with van der Waals surface area (Å²) < 4.78 is 28.2. The minimum atomic E-state index is -3.74. The van der Waals surface area contributed by atoms with E-state index in [0.29, 0.717) is 25.1 Å². The first-order chi connectivity index (χ1) is 15.0. The van der Waals surface area contributed by atoms with Crippen molar-refractivity contribution in [3.63, 3.8) is 0 Å². The maximum atomic E-state index is 13.4. The highest BCUT2D eigenvalue weighted by Gasteiger charge is 2.34. The quantitative estimate of drug-likeness (QED) is 0.595. The van der Waals surface area contributed by atoms with Crippen molar-refractivity contribution in [2.24, 2.45) is 0 Å². The Kier molecular flexibility index (Phi) is 4.98. The van der Waals surface area contributed by atoms with Crippen molar-refractivity contribution in [1.29, 1.82) is 0 Å². The average molecular weight is 434 g/mol. The van der Waals surface area contributed by atoms with Crippen molar-refractivity contribution in [2.45, 2.75) is 36.7 Å². The van der Waals surface area contributed by atoms with E-state index in [1.165, 1.54) is 10.4 Å². The molecule has 158 valence electrons. The molecule has 1 amide bonds. The van der Waals surface area contributed by atoms with Crippen LogP contribution in [0.3, 0.4) is 0 Å². The lowest BCUT2D eigenvalue weighted by Gasteiger charge is -2.23. The third kappa shape index (κ3) is 3.81. The topological polar surface area (TPSA) is 70.6 Å². The molecule has 2 heterocycles. The van der Waals surface area contributed by atoms with Gasteiger partial charge in [0, 0.05) is 37.1 Å². The molecular formula is C24H23N3O3S. The summed E-state index contributed by atoms with van der Waals surface area (Å²) in [4.78, 5) is 19.4. The van der Waals surface area contributed by atoms with Crippen LogP contribution in [0, 0.1) is 0 Å². The summed E-state index contributed by atoms with van der Waals surface area (Å²) in [5.41, 5.74) is 3.15. The summed E-state index contributed by atoms with van der Waals surface area (Å²) in [5.74, 6) is -0.141. The standard InChI is InChI=1S/C24H23N3O3S/c28-24(26(21-8-9-21)17-18-10-13-25-14-11-18)20-5-3-6-22(16-20)31(29,30)27-15-12-19-4-1-2-7-23(19)27/h1-7,10-11,13-14,16,21H,8-9,12,15,17H2. The third-order valence-electron chi connectivity index (χ3n) is 5.86. The largest absolute Gasteiger partial charge is 0.331 e. The van der Waals surface area contributed by atoms with Crippen LogP contribution in [0.15, 0.2) is 78.0 Å². The number of carbonyl (C=O) groups is 1. The summed E-state index contributed by atoms with van der Waals surface area (Å²) in [7, 11) is -3.74. The van der Waals surface area contributed by atoms with Crippen LogP contribution in [0.5, 0.6) is 0 Å². The predicted molar refractivity (Wildman–Crippen MR) is 118 cm³/mol. The number of amides is 1. The molecular weight excluding hydrogens is 410 g/mol. The van der Waals surface area contributed by atoms with Crippen LogP contribution in [-0.2, 0) is 23.0 Å². The molecule has 1 saturated carbocycles. The molecule has 1 fully saturated rings. The van der Waals surface area contributed by atoms with Crippen LogP contribution in [0.25, 0.3) is 0 Å². The van der Waals surface area contributed by atoms with E-state index in [-0.39, 0.29) is 16.8 Å². The summed E-state index contributed by atoms with van der Waals surface area (Å²) in [6.45, 7) is 0.901. The average Bonchev–Trinajstić information content (AvgIpc) is 3.55. The van der Waals surface area contributed by atoms with Crippen LogP contribution in [-0.4, -0.2) is 36.8 Å². The normalized spacial score (nSPS) is 15.5. The number of para-hydroxylation sites is 1. The van der Waals surface area contributed by atoms with Gasteiger partial charge in [-0.15, -0.1) is 0 Å². The Labute approximate surface area is 182 Å². The highest BCUT2D eigenvalue weighted by atomic mass is 32.2. The van der Waals surface area contributed by atoms with Crippen molar-refractivity contribution in [2.75, 3.05) is 10.8 Å². The monoisotopic (exact) mass is 433 g/mol. The van der Waals surface area contributed by atoms with E-state index in [2.05, 4.69) is 4.98 Å². The lowest BCUT2D eigenvalue weighted by atomic mass is 10.1. The number of hydrogen-bond acceptors (Lipinski definition) is 4. The summed E-state index contributed by atoms with van der Waals surface area (Å²) in [6.07, 6.45) is 6.06. The molecule has 0 N–H and O–H groups in total. The van der Waals surface area contributed by atoms with Gasteiger partial charge in [-0.3, -0.25) is 14.1 Å². The van der Waals surface area contributed by atoms with Gasteiger partial charge in [-0.05, 0) is 66.8 Å². The lowest BCUT2D eigenvalue weighted by Crippen LogP contribution is -2.33. The Morgan fingerprint density at radius 1 is 1.03 bits per heavy atom. The molecule has 0 bridgehead atoms. The van der Waals surface area contributed by atoms with Gasteiger partial charge < -0.3 is 4.90 Å². The van der Waals surface area contributed by atoms with Gasteiger partial charge in [-0.2, -0.15) is 0 Å². The Bertz CT molecular complexity index is 1220. The molecule has 0 spiro atoms. The van der Waals surface area contributed by atoms with Crippen LogP contribution in [0.1, 0.15) is 34.3 Å². The Hall–Kier alpha value is -3.19. The molecule has 0 atom stereocenters. The Morgan fingerprint density at radius 2 is 1.81 bits per heavy atom. The number of benzene rings is 2. The summed E-state index contributed by atoms with van der Waals surface area (Å²) in [6, 6.07) is 18.0. The molecule has 5 rings (SSSR count). The van der Waals surface area contributed by atoms with Gasteiger partial charge in [0.1, 0.15) is 0 Å². The van der Waals surface area contributed by atoms with Gasteiger partial charge in [-0.1, -0.05) is 24.3 Å². The zero-order valence-electron chi connectivity index (χ0n) is 17.0. The lowest BCUT2D eigenvalue weighted by molar-refractivity contribution is 0.0729. The number of pyridine rings is 1. The maximum absolute atomic E-state index is 13.4. The first-order valence-electron chi connectivity index (χ1n) is 10.4. The molecule has 2 aromatic carbocycles. The second-order valence-electron chi connectivity index (χ2n) is 8.00. The highest BCUT2D eigenvalue weighted by molar-refractivity contribution is 7.92. The number of anilines is 1. The highest BCUT2D eigenvalue weighted by Crippen LogP contribution is 2.34. The first kappa shape index (κ1) is 19.8. The predicted octanol–water partition coefficient (Wildman–Crippen LogP) is 3.64. The van der Waals surface area contributed by atoms with E-state index in [1.54, 1.807) is 30.6 Å². The van der Waals surface area contributed by atoms with E-state index < -0.39 is 10.0 Å². The minimum absolute atomic E-state index is 0.141. The van der Waals surface area contributed by atoms with Gasteiger partial charge >= 0.3 is 0 Å². The molecule has 6 nitrogen and oxygen atoms in total. The fourth-order valence-corrected chi connectivity index (χ4v) is 5.63. The summed E-state index contributed by atoms with van der Waals surface area (Å²) >= 11 is 0. The van der Waals surface area contributed by atoms with Crippen LogP contribution >= 0.6 is 0 Å². The van der Waals surface area contributed by atoms with Crippen molar-refractivity contribution < 1.29 is 13.2 Å². The Balaban J connectivity index is 1.44. The number of nitrogens with zero attached hydrogens (tertiary/aromatic N) is 3. The van der Waals surface area contributed by atoms with E-state index in [1.807, 2.05) is 41.3 Å². The van der Waals surface area contributed by atoms with Crippen molar-refractivity contribution >= 4 is 21.6 Å². The van der Waals surface area contributed by atoms with E-state index >= 15 is 0 Å². The number of aromatic nitrogens is 1. The Morgan fingerprint density at radius 3 is 2.58 bits per heavy atom. The number of sulfonamides is 1. The first-order valence-corrected chi connectivity index (χ1v) is 11.9. The van der Waals surface area contributed by atoms with Gasteiger partial charge in [0.05, 0.1) is 10.6 Å². The van der Waals surface area contributed by atoms with Crippen LogP contribution < -0.4 is 4.31 Å². The minimum Gasteiger partial charge on any atom is -0.331 e. The van der Waals surface area contributed by atoms with Gasteiger partial charge in [0.25, 0.3) is 15.9 Å². The zero-order valence-corrected chi connectivity index (χ0v) is 17.8. The maximum Gasteiger partial charge on any atom is 0.264 e. The molecule has 1 aromatic heterocycles. The van der Waals surface area contributed by atoms with Gasteiger partial charge in [0.2, 0.25) is 0 Å². The van der Waals surface area contributed by atoms with Crippen molar-refractivity contribution in [3.8, 4) is 0 Å². The second kappa shape index (κ2) is 7.81. The van der Waals surface area contributed by atoms with Crippen molar-refractivity contribution in [1.82, 2.24) is 9.88 Å². The van der Waals surface area contributed by atoms with Gasteiger partial charge in [0.15, 0.2) is 0 Å². The molecule has 0 radical (unpaired) electrons. The van der Waals surface area contributed by atoms with Gasteiger partial charge in [-0.25, -0.2) is 8.42 Å². The number of hydrogen-bond donors (Lipinski definition) is 0. The molecule has 1 aliphatic heterocycles. The van der Waals surface area contributed by atoms with Crippen LogP contribution in [0.4, 0.5) is 5.69 Å². The van der Waals surface area contributed by atoms with E-state index in [0.717, 1.165) is 29.7 Å². The molecule has 3 aromatic rings. The number of carbonyl (C=O) groups excluding carboxylic acids is 1. The molecule has 1 aliphatic carbocycles. The fraction of sp³-hybridized carbons (Fsp3) is 0.250. The zero-order chi connectivity index (χ0) is 21.4. The fourth-order valence-electron chi connectivity index (χ4n) is 4.08. The molecule has 7 heteroatoms. The van der Waals surface area contributed by atoms with E-state index in [4.69, 9.17) is 0 Å². The molecule has 31 heavy (non-hydrogen) atoms. The molecule has 0 unspecified atom stereocenters. The number of rotatable bonds is 6.